The van der Waals surface area contributed by atoms with Gasteiger partial charge >= 0.3 is 6.18 Å². The highest BCUT2D eigenvalue weighted by atomic mass is 19.4. The SMILES string of the molecule is FC(F)(F)c1cccc(C2(CNc3cc(N4CCCC4)ncn3)CCOCC2)c1. The van der Waals surface area contributed by atoms with Crippen LogP contribution in [-0.4, -0.2) is 42.8 Å². The van der Waals surface area contributed by atoms with Crippen LogP contribution in [0.1, 0.15) is 36.8 Å². The number of benzene rings is 1. The molecule has 0 spiro atoms. The van der Waals surface area contributed by atoms with Crippen molar-refractivity contribution in [2.24, 2.45) is 0 Å². The zero-order chi connectivity index (χ0) is 20.3. The molecule has 0 aliphatic carbocycles. The Morgan fingerprint density at radius 2 is 1.83 bits per heavy atom. The Labute approximate surface area is 168 Å². The Bertz CT molecular complexity index is 831. The van der Waals surface area contributed by atoms with Crippen molar-refractivity contribution in [3.8, 4) is 0 Å². The maximum atomic E-state index is 13.2. The molecule has 0 unspecified atom stereocenters. The quantitative estimate of drug-likeness (QED) is 0.804. The van der Waals surface area contributed by atoms with Crippen LogP contribution >= 0.6 is 0 Å². The van der Waals surface area contributed by atoms with Crippen LogP contribution in [0.15, 0.2) is 36.7 Å². The minimum Gasteiger partial charge on any atom is -0.381 e. The molecule has 2 aliphatic heterocycles. The first-order valence-electron chi connectivity index (χ1n) is 10.0. The van der Waals surface area contributed by atoms with Crippen molar-refractivity contribution < 1.29 is 17.9 Å². The zero-order valence-corrected chi connectivity index (χ0v) is 16.2. The van der Waals surface area contributed by atoms with Crippen molar-refractivity contribution in [1.82, 2.24) is 9.97 Å². The number of anilines is 2. The van der Waals surface area contributed by atoms with Gasteiger partial charge in [-0.05, 0) is 37.3 Å². The lowest BCUT2D eigenvalue weighted by Gasteiger charge is -2.38. The molecule has 2 aromatic rings. The van der Waals surface area contributed by atoms with Crippen LogP contribution in [0.25, 0.3) is 0 Å². The summed E-state index contributed by atoms with van der Waals surface area (Å²) in [5, 5.41) is 3.36. The molecule has 2 saturated heterocycles. The molecule has 1 N–H and O–H groups in total. The predicted octanol–water partition coefficient (Wildman–Crippen LogP) is 4.26. The van der Waals surface area contributed by atoms with Gasteiger partial charge in [-0.25, -0.2) is 9.97 Å². The molecule has 29 heavy (non-hydrogen) atoms. The average Bonchev–Trinajstić information content (AvgIpc) is 3.28. The molecule has 2 fully saturated rings. The summed E-state index contributed by atoms with van der Waals surface area (Å²) in [6, 6.07) is 7.60. The summed E-state index contributed by atoms with van der Waals surface area (Å²) in [5.41, 5.74) is -0.352. The number of ether oxygens (including phenoxy) is 1. The molecule has 156 valence electrons. The second-order valence-electron chi connectivity index (χ2n) is 7.78. The van der Waals surface area contributed by atoms with E-state index in [9.17, 15) is 13.2 Å². The monoisotopic (exact) mass is 406 g/mol. The highest BCUT2D eigenvalue weighted by molar-refractivity contribution is 5.49. The third kappa shape index (κ3) is 4.47. The topological polar surface area (TPSA) is 50.3 Å². The van der Waals surface area contributed by atoms with E-state index in [0.29, 0.717) is 44.0 Å². The molecular formula is C21H25F3N4O. The summed E-state index contributed by atoms with van der Waals surface area (Å²) in [7, 11) is 0. The van der Waals surface area contributed by atoms with Gasteiger partial charge in [0.1, 0.15) is 18.0 Å². The molecule has 2 aliphatic rings. The van der Waals surface area contributed by atoms with Crippen molar-refractivity contribution in [2.75, 3.05) is 43.1 Å². The minimum atomic E-state index is -4.35. The van der Waals surface area contributed by atoms with E-state index >= 15 is 0 Å². The highest BCUT2D eigenvalue weighted by Gasteiger charge is 2.37. The molecule has 0 amide bonds. The number of aromatic nitrogens is 2. The molecule has 1 aromatic carbocycles. The molecule has 5 nitrogen and oxygen atoms in total. The van der Waals surface area contributed by atoms with Crippen LogP contribution in [0.4, 0.5) is 24.8 Å². The third-order valence-electron chi connectivity index (χ3n) is 5.94. The lowest BCUT2D eigenvalue weighted by atomic mass is 9.73. The minimum absolute atomic E-state index is 0.432. The Morgan fingerprint density at radius 1 is 1.07 bits per heavy atom. The second kappa shape index (κ2) is 8.18. The van der Waals surface area contributed by atoms with Crippen LogP contribution < -0.4 is 10.2 Å². The summed E-state index contributed by atoms with van der Waals surface area (Å²) in [4.78, 5) is 10.9. The van der Waals surface area contributed by atoms with Gasteiger partial charge in [0.15, 0.2) is 0 Å². The van der Waals surface area contributed by atoms with E-state index in [-0.39, 0.29) is 0 Å². The van der Waals surface area contributed by atoms with E-state index in [1.54, 1.807) is 6.07 Å². The Kier molecular flexibility index (Phi) is 5.63. The normalized spacial score (nSPS) is 19.3. The second-order valence-corrected chi connectivity index (χ2v) is 7.78. The number of hydrogen-bond acceptors (Lipinski definition) is 5. The summed E-state index contributed by atoms with van der Waals surface area (Å²) < 4.78 is 45.2. The maximum Gasteiger partial charge on any atom is 0.416 e. The molecule has 3 heterocycles. The summed E-state index contributed by atoms with van der Waals surface area (Å²) in [6.07, 6.45) is 0.817. The molecule has 0 bridgehead atoms. The van der Waals surface area contributed by atoms with Crippen LogP contribution in [0, 0.1) is 0 Å². The number of nitrogens with one attached hydrogen (secondary N) is 1. The smallest absolute Gasteiger partial charge is 0.381 e. The van der Waals surface area contributed by atoms with E-state index in [1.807, 2.05) is 6.07 Å². The number of hydrogen-bond donors (Lipinski definition) is 1. The standard InChI is InChI=1S/C21H25F3N4O/c22-21(23,24)17-5-3-4-16(12-17)20(6-10-29-11-7-20)14-25-18-13-19(27-15-26-18)28-8-1-2-9-28/h3-5,12-13,15H,1-2,6-11,14H2,(H,25,26,27). The summed E-state index contributed by atoms with van der Waals surface area (Å²) in [6.45, 7) is 3.53. The van der Waals surface area contributed by atoms with Crippen molar-refractivity contribution >= 4 is 11.6 Å². The van der Waals surface area contributed by atoms with E-state index < -0.39 is 17.2 Å². The Balaban J connectivity index is 1.56. The van der Waals surface area contributed by atoms with E-state index in [2.05, 4.69) is 20.2 Å². The first-order chi connectivity index (χ1) is 14.0. The predicted molar refractivity (Wildman–Crippen MR) is 105 cm³/mol. The molecule has 0 saturated carbocycles. The van der Waals surface area contributed by atoms with E-state index in [4.69, 9.17) is 4.74 Å². The van der Waals surface area contributed by atoms with Crippen molar-refractivity contribution in [3.63, 3.8) is 0 Å². The number of rotatable bonds is 5. The van der Waals surface area contributed by atoms with Gasteiger partial charge < -0.3 is 15.0 Å². The Hall–Kier alpha value is -2.35. The molecule has 8 heteroatoms. The van der Waals surface area contributed by atoms with Gasteiger partial charge in [-0.15, -0.1) is 0 Å². The zero-order valence-electron chi connectivity index (χ0n) is 16.2. The van der Waals surface area contributed by atoms with Gasteiger partial charge in [0, 0.05) is 44.3 Å². The van der Waals surface area contributed by atoms with Gasteiger partial charge in [-0.3, -0.25) is 0 Å². The fraction of sp³-hybridized carbons (Fsp3) is 0.524. The number of nitrogens with zero attached hydrogens (tertiary/aromatic N) is 3. The average molecular weight is 406 g/mol. The lowest BCUT2D eigenvalue weighted by molar-refractivity contribution is -0.137. The van der Waals surface area contributed by atoms with E-state index in [1.165, 1.54) is 18.5 Å². The fourth-order valence-corrected chi connectivity index (χ4v) is 4.18. The first-order valence-corrected chi connectivity index (χ1v) is 10.0. The first kappa shape index (κ1) is 19.9. The fourth-order valence-electron chi connectivity index (χ4n) is 4.18. The van der Waals surface area contributed by atoms with Crippen LogP contribution in [0.3, 0.4) is 0 Å². The third-order valence-corrected chi connectivity index (χ3v) is 5.94. The van der Waals surface area contributed by atoms with Gasteiger partial charge in [-0.2, -0.15) is 13.2 Å². The van der Waals surface area contributed by atoms with Gasteiger partial charge in [0.05, 0.1) is 5.56 Å². The van der Waals surface area contributed by atoms with Crippen LogP contribution in [0.5, 0.6) is 0 Å². The summed E-state index contributed by atoms with van der Waals surface area (Å²) >= 11 is 0. The highest BCUT2D eigenvalue weighted by Crippen LogP contribution is 2.38. The van der Waals surface area contributed by atoms with Gasteiger partial charge in [0.25, 0.3) is 0 Å². The number of alkyl halides is 3. The number of halogens is 3. The van der Waals surface area contributed by atoms with Crippen molar-refractivity contribution in [1.29, 1.82) is 0 Å². The van der Waals surface area contributed by atoms with E-state index in [0.717, 1.165) is 37.8 Å². The van der Waals surface area contributed by atoms with Crippen LogP contribution in [0.2, 0.25) is 0 Å². The van der Waals surface area contributed by atoms with Crippen molar-refractivity contribution in [3.05, 3.63) is 47.8 Å². The molecule has 1 aromatic heterocycles. The molecule has 0 atom stereocenters. The maximum absolute atomic E-state index is 13.2. The van der Waals surface area contributed by atoms with Gasteiger partial charge in [0.2, 0.25) is 0 Å². The molecule has 0 radical (unpaired) electrons. The van der Waals surface area contributed by atoms with Crippen molar-refractivity contribution in [2.45, 2.75) is 37.3 Å². The molecule has 4 rings (SSSR count). The van der Waals surface area contributed by atoms with Gasteiger partial charge in [-0.1, -0.05) is 18.2 Å². The largest absolute Gasteiger partial charge is 0.416 e. The summed E-state index contributed by atoms with van der Waals surface area (Å²) in [5.74, 6) is 1.58. The van der Waals surface area contributed by atoms with Crippen LogP contribution in [-0.2, 0) is 16.3 Å². The Morgan fingerprint density at radius 3 is 2.55 bits per heavy atom. The lowest BCUT2D eigenvalue weighted by Crippen LogP contribution is -2.40. The molecular weight excluding hydrogens is 381 g/mol.